The third-order valence-corrected chi connectivity index (χ3v) is 6.09. The van der Waals surface area contributed by atoms with Gasteiger partial charge in [-0.2, -0.15) is 0 Å². The van der Waals surface area contributed by atoms with Gasteiger partial charge in [0.1, 0.15) is 5.82 Å². The van der Waals surface area contributed by atoms with Gasteiger partial charge in [0.25, 0.3) is 0 Å². The number of halogens is 1. The first kappa shape index (κ1) is 20.8. The van der Waals surface area contributed by atoms with Crippen molar-refractivity contribution in [2.24, 2.45) is 5.73 Å². The standard InChI is InChI=1S/C25H29ClN4/c1-16(2)18-10-13-22-20(15-18)25(29-23-6-4-3-5-21(23)27)30-24(28-22)14-9-17-7-11-19(26)12-8-17/h7-16,21,23H,3-6,27H2,1-2H3,(H,28,29,30)/b14-9+. The summed E-state index contributed by atoms with van der Waals surface area (Å²) in [6, 6.07) is 14.6. The van der Waals surface area contributed by atoms with Gasteiger partial charge in [-0.25, -0.2) is 9.97 Å². The molecule has 1 heterocycles. The Bertz CT molecular complexity index is 1040. The van der Waals surface area contributed by atoms with E-state index in [1.807, 2.05) is 36.4 Å². The fourth-order valence-electron chi connectivity index (χ4n) is 3.97. The zero-order chi connectivity index (χ0) is 21.1. The molecule has 0 bridgehead atoms. The van der Waals surface area contributed by atoms with E-state index in [-0.39, 0.29) is 12.1 Å². The quantitative estimate of drug-likeness (QED) is 0.511. The van der Waals surface area contributed by atoms with Crippen LogP contribution in [0.15, 0.2) is 42.5 Å². The summed E-state index contributed by atoms with van der Waals surface area (Å²) < 4.78 is 0. The Kier molecular flexibility index (Phi) is 6.35. The summed E-state index contributed by atoms with van der Waals surface area (Å²) in [7, 11) is 0. The van der Waals surface area contributed by atoms with E-state index < -0.39 is 0 Å². The van der Waals surface area contributed by atoms with E-state index in [2.05, 4.69) is 37.4 Å². The Morgan fingerprint density at radius 3 is 2.53 bits per heavy atom. The molecule has 5 heteroatoms. The Morgan fingerprint density at radius 2 is 1.80 bits per heavy atom. The first-order valence-corrected chi connectivity index (χ1v) is 11.1. The first-order chi connectivity index (χ1) is 14.5. The van der Waals surface area contributed by atoms with Gasteiger partial charge in [0.05, 0.1) is 5.52 Å². The summed E-state index contributed by atoms with van der Waals surface area (Å²) in [6.07, 6.45) is 8.50. The molecule has 1 fully saturated rings. The number of fused-ring (bicyclic) bond motifs is 1. The molecule has 2 atom stereocenters. The van der Waals surface area contributed by atoms with Gasteiger partial charge in [-0.3, -0.25) is 0 Å². The third-order valence-electron chi connectivity index (χ3n) is 5.84. The molecule has 0 spiro atoms. The molecule has 0 radical (unpaired) electrons. The van der Waals surface area contributed by atoms with Crippen LogP contribution in [0.1, 0.15) is 62.4 Å². The third kappa shape index (κ3) is 4.82. The highest BCUT2D eigenvalue weighted by molar-refractivity contribution is 6.30. The molecule has 1 aliphatic carbocycles. The normalized spacial score (nSPS) is 19.6. The molecule has 3 aromatic rings. The van der Waals surface area contributed by atoms with Crippen LogP contribution in [0.25, 0.3) is 23.1 Å². The van der Waals surface area contributed by atoms with Crippen LogP contribution >= 0.6 is 11.6 Å². The van der Waals surface area contributed by atoms with Gasteiger partial charge < -0.3 is 11.1 Å². The minimum atomic E-state index is 0.158. The van der Waals surface area contributed by atoms with Crippen molar-refractivity contribution in [1.82, 2.24) is 9.97 Å². The second-order valence-corrected chi connectivity index (χ2v) is 8.88. The summed E-state index contributed by atoms with van der Waals surface area (Å²) in [4.78, 5) is 9.66. The maximum Gasteiger partial charge on any atom is 0.154 e. The molecule has 1 aromatic heterocycles. The van der Waals surface area contributed by atoms with Gasteiger partial charge in [0.2, 0.25) is 0 Å². The number of aromatic nitrogens is 2. The van der Waals surface area contributed by atoms with E-state index in [9.17, 15) is 0 Å². The van der Waals surface area contributed by atoms with Crippen LogP contribution in [-0.4, -0.2) is 22.1 Å². The predicted molar refractivity (Wildman–Crippen MR) is 128 cm³/mol. The molecule has 0 saturated heterocycles. The fraction of sp³-hybridized carbons (Fsp3) is 0.360. The number of hydrogen-bond acceptors (Lipinski definition) is 4. The molecular formula is C25H29ClN4. The Balaban J connectivity index is 1.72. The lowest BCUT2D eigenvalue weighted by atomic mass is 9.91. The second kappa shape index (κ2) is 9.15. The molecule has 0 aliphatic heterocycles. The van der Waals surface area contributed by atoms with Crippen LogP contribution in [-0.2, 0) is 0 Å². The fourth-order valence-corrected chi connectivity index (χ4v) is 4.09. The van der Waals surface area contributed by atoms with Crippen molar-refractivity contribution >= 4 is 40.5 Å². The monoisotopic (exact) mass is 420 g/mol. The van der Waals surface area contributed by atoms with Gasteiger partial charge in [0, 0.05) is 22.5 Å². The van der Waals surface area contributed by atoms with E-state index in [1.165, 1.54) is 18.4 Å². The number of benzene rings is 2. The molecule has 1 saturated carbocycles. The lowest BCUT2D eigenvalue weighted by Crippen LogP contribution is -2.42. The molecule has 3 N–H and O–H groups in total. The van der Waals surface area contributed by atoms with Crippen molar-refractivity contribution in [3.8, 4) is 0 Å². The number of nitrogens with zero attached hydrogens (tertiary/aromatic N) is 2. The highest BCUT2D eigenvalue weighted by Crippen LogP contribution is 2.28. The van der Waals surface area contributed by atoms with Crippen LogP contribution < -0.4 is 11.1 Å². The van der Waals surface area contributed by atoms with Gasteiger partial charge in [0.15, 0.2) is 5.82 Å². The summed E-state index contributed by atoms with van der Waals surface area (Å²) in [5.41, 5.74) is 9.69. The van der Waals surface area contributed by atoms with E-state index in [0.29, 0.717) is 11.7 Å². The lowest BCUT2D eigenvalue weighted by Gasteiger charge is -2.30. The van der Waals surface area contributed by atoms with Crippen LogP contribution in [0, 0.1) is 0 Å². The first-order valence-electron chi connectivity index (χ1n) is 10.8. The van der Waals surface area contributed by atoms with Crippen molar-refractivity contribution in [2.45, 2.75) is 57.5 Å². The van der Waals surface area contributed by atoms with Crippen LogP contribution in [0.3, 0.4) is 0 Å². The topological polar surface area (TPSA) is 63.8 Å². The Morgan fingerprint density at radius 1 is 1.03 bits per heavy atom. The van der Waals surface area contributed by atoms with Crippen molar-refractivity contribution in [3.05, 3.63) is 64.4 Å². The number of nitrogens with one attached hydrogen (secondary N) is 1. The molecule has 1 aliphatic rings. The second-order valence-electron chi connectivity index (χ2n) is 8.45. The Hall–Kier alpha value is -2.43. The summed E-state index contributed by atoms with van der Waals surface area (Å²) in [5.74, 6) is 2.01. The molecule has 0 amide bonds. The van der Waals surface area contributed by atoms with Gasteiger partial charge in [-0.05, 0) is 60.2 Å². The van der Waals surface area contributed by atoms with Crippen LogP contribution in [0.5, 0.6) is 0 Å². The molecule has 2 aromatic carbocycles. The minimum Gasteiger partial charge on any atom is -0.365 e. The van der Waals surface area contributed by atoms with Crippen molar-refractivity contribution in [2.75, 3.05) is 5.32 Å². The highest BCUT2D eigenvalue weighted by Gasteiger charge is 2.23. The minimum absolute atomic E-state index is 0.158. The molecule has 2 unspecified atom stereocenters. The van der Waals surface area contributed by atoms with Crippen LogP contribution in [0.2, 0.25) is 5.02 Å². The Labute approximate surface area is 183 Å². The maximum absolute atomic E-state index is 6.40. The lowest BCUT2D eigenvalue weighted by molar-refractivity contribution is 0.403. The number of rotatable bonds is 5. The molecule has 4 nitrogen and oxygen atoms in total. The maximum atomic E-state index is 6.40. The van der Waals surface area contributed by atoms with E-state index in [4.69, 9.17) is 27.3 Å². The SMILES string of the molecule is CC(C)c1ccc2nc(/C=C/c3ccc(Cl)cc3)nc(NC3CCCCC3N)c2c1. The van der Waals surface area contributed by atoms with Crippen LogP contribution in [0.4, 0.5) is 5.82 Å². The van der Waals surface area contributed by atoms with E-state index in [0.717, 1.165) is 40.1 Å². The average Bonchev–Trinajstić information content (AvgIpc) is 2.74. The van der Waals surface area contributed by atoms with Gasteiger partial charge in [-0.15, -0.1) is 0 Å². The predicted octanol–water partition coefficient (Wildman–Crippen LogP) is 6.26. The smallest absolute Gasteiger partial charge is 0.154 e. The number of hydrogen-bond donors (Lipinski definition) is 2. The van der Waals surface area contributed by atoms with E-state index in [1.54, 1.807) is 0 Å². The van der Waals surface area contributed by atoms with E-state index >= 15 is 0 Å². The largest absolute Gasteiger partial charge is 0.365 e. The van der Waals surface area contributed by atoms with Crippen molar-refractivity contribution in [3.63, 3.8) is 0 Å². The van der Waals surface area contributed by atoms with Crippen molar-refractivity contribution in [1.29, 1.82) is 0 Å². The zero-order valence-corrected chi connectivity index (χ0v) is 18.4. The van der Waals surface area contributed by atoms with Gasteiger partial charge >= 0.3 is 0 Å². The molecular weight excluding hydrogens is 392 g/mol. The van der Waals surface area contributed by atoms with Crippen molar-refractivity contribution < 1.29 is 0 Å². The summed E-state index contributed by atoms with van der Waals surface area (Å²) >= 11 is 5.99. The average molecular weight is 421 g/mol. The molecule has 4 rings (SSSR count). The number of anilines is 1. The van der Waals surface area contributed by atoms with Gasteiger partial charge in [-0.1, -0.05) is 62.6 Å². The summed E-state index contributed by atoms with van der Waals surface area (Å²) in [5, 5.41) is 5.44. The molecule has 156 valence electrons. The molecule has 30 heavy (non-hydrogen) atoms. The summed E-state index contributed by atoms with van der Waals surface area (Å²) in [6.45, 7) is 4.41. The number of nitrogens with two attached hydrogens (primary N) is 1. The highest BCUT2D eigenvalue weighted by atomic mass is 35.5. The zero-order valence-electron chi connectivity index (χ0n) is 17.6.